The Morgan fingerprint density at radius 1 is 1.56 bits per heavy atom. The van der Waals surface area contributed by atoms with Gasteiger partial charge in [0.25, 0.3) is 0 Å². The van der Waals surface area contributed by atoms with Crippen LogP contribution < -0.4 is 11.1 Å². The van der Waals surface area contributed by atoms with Crippen LogP contribution in [0.25, 0.3) is 0 Å². The van der Waals surface area contributed by atoms with Crippen LogP contribution >= 0.6 is 15.9 Å². The first-order valence-corrected chi connectivity index (χ1v) is 6.51. The van der Waals surface area contributed by atoms with Gasteiger partial charge in [-0.2, -0.15) is 0 Å². The molecule has 16 heavy (non-hydrogen) atoms. The van der Waals surface area contributed by atoms with Crippen LogP contribution in [-0.4, -0.2) is 18.1 Å². The number of nitrogens with two attached hydrogens (primary N) is 1. The number of halogens is 1. The van der Waals surface area contributed by atoms with Gasteiger partial charge in [-0.05, 0) is 65.7 Å². The van der Waals surface area contributed by atoms with Gasteiger partial charge in [0.05, 0.1) is 0 Å². The molecule has 1 aliphatic carbocycles. The highest BCUT2D eigenvalue weighted by atomic mass is 79.9. The molecule has 3 N–H and O–H groups in total. The first kappa shape index (κ1) is 11.9. The Bertz CT molecular complexity index is 375. The lowest BCUT2D eigenvalue weighted by Crippen LogP contribution is -2.19. The minimum absolute atomic E-state index is 0.456. The van der Waals surface area contributed by atoms with E-state index in [1.54, 1.807) is 0 Å². The van der Waals surface area contributed by atoms with E-state index in [1.165, 1.54) is 18.4 Å². The Morgan fingerprint density at radius 3 is 2.88 bits per heavy atom. The van der Waals surface area contributed by atoms with Crippen molar-refractivity contribution < 1.29 is 0 Å². The number of hydrogen-bond acceptors (Lipinski definition) is 3. The van der Waals surface area contributed by atoms with E-state index in [9.17, 15) is 0 Å². The van der Waals surface area contributed by atoms with Crippen LogP contribution in [0.15, 0.2) is 16.7 Å². The molecular weight excluding hydrogens is 266 g/mol. The second kappa shape index (κ2) is 4.72. The van der Waals surface area contributed by atoms with Gasteiger partial charge in [-0.1, -0.05) is 0 Å². The number of pyridine rings is 1. The van der Waals surface area contributed by atoms with Crippen LogP contribution in [0.3, 0.4) is 0 Å². The van der Waals surface area contributed by atoms with Crippen LogP contribution in [0.5, 0.6) is 0 Å². The molecular formula is C12H18BrN3. The first-order valence-electron chi connectivity index (χ1n) is 5.71. The van der Waals surface area contributed by atoms with Gasteiger partial charge < -0.3 is 11.1 Å². The molecule has 0 saturated heterocycles. The number of nitrogens with one attached hydrogen (secondary N) is 1. The minimum Gasteiger partial charge on any atom is -0.370 e. The predicted octanol–water partition coefficient (Wildman–Crippen LogP) is 2.69. The summed E-state index contributed by atoms with van der Waals surface area (Å²) in [6.45, 7) is 3.86. The Morgan fingerprint density at radius 2 is 2.31 bits per heavy atom. The standard InChI is InChI=1S/C12H18BrN3/c1-9-6-11(15-7-10(9)13)16-8-12(2-3-12)4-5-14/h6-7H,2-5,8,14H2,1H3,(H,15,16). The Hall–Kier alpha value is -0.610. The van der Waals surface area contributed by atoms with Gasteiger partial charge in [0, 0.05) is 17.2 Å². The molecule has 1 heterocycles. The molecule has 0 radical (unpaired) electrons. The topological polar surface area (TPSA) is 50.9 Å². The molecule has 0 unspecified atom stereocenters. The maximum absolute atomic E-state index is 5.62. The number of hydrogen-bond donors (Lipinski definition) is 2. The SMILES string of the molecule is Cc1cc(NCC2(CCN)CC2)ncc1Br. The van der Waals surface area contributed by atoms with E-state index in [1.807, 2.05) is 6.20 Å². The summed E-state index contributed by atoms with van der Waals surface area (Å²) >= 11 is 3.45. The third kappa shape index (κ3) is 2.74. The van der Waals surface area contributed by atoms with Crippen LogP contribution in [0.2, 0.25) is 0 Å². The lowest BCUT2D eigenvalue weighted by atomic mass is 10.0. The normalized spacial score (nSPS) is 17.2. The molecule has 3 nitrogen and oxygen atoms in total. The summed E-state index contributed by atoms with van der Waals surface area (Å²) in [5.74, 6) is 0.962. The average molecular weight is 284 g/mol. The average Bonchev–Trinajstić information content (AvgIpc) is 3.01. The summed E-state index contributed by atoms with van der Waals surface area (Å²) in [6.07, 6.45) is 5.56. The molecule has 1 aliphatic rings. The smallest absolute Gasteiger partial charge is 0.126 e. The van der Waals surface area contributed by atoms with Crippen molar-refractivity contribution in [2.45, 2.75) is 26.2 Å². The second-order valence-electron chi connectivity index (χ2n) is 4.71. The number of nitrogens with zero attached hydrogens (tertiary/aromatic N) is 1. The van der Waals surface area contributed by atoms with Crippen molar-refractivity contribution in [2.75, 3.05) is 18.4 Å². The van der Waals surface area contributed by atoms with Gasteiger partial charge in [-0.15, -0.1) is 0 Å². The van der Waals surface area contributed by atoms with Crippen LogP contribution in [0.4, 0.5) is 5.82 Å². The fraction of sp³-hybridized carbons (Fsp3) is 0.583. The highest BCUT2D eigenvalue weighted by molar-refractivity contribution is 9.10. The van der Waals surface area contributed by atoms with Crippen molar-refractivity contribution in [3.8, 4) is 0 Å². The quantitative estimate of drug-likeness (QED) is 0.874. The van der Waals surface area contributed by atoms with Crippen molar-refractivity contribution in [1.29, 1.82) is 0 Å². The molecule has 0 bridgehead atoms. The summed E-state index contributed by atoms with van der Waals surface area (Å²) in [5, 5.41) is 3.41. The first-order chi connectivity index (χ1) is 7.65. The van der Waals surface area contributed by atoms with Crippen LogP contribution in [0, 0.1) is 12.3 Å². The van der Waals surface area contributed by atoms with Crippen molar-refractivity contribution in [1.82, 2.24) is 4.98 Å². The molecule has 2 rings (SSSR count). The molecule has 1 aromatic heterocycles. The van der Waals surface area contributed by atoms with Gasteiger partial charge in [-0.25, -0.2) is 4.98 Å². The monoisotopic (exact) mass is 283 g/mol. The van der Waals surface area contributed by atoms with Gasteiger partial charge in [0.1, 0.15) is 5.82 Å². The van der Waals surface area contributed by atoms with E-state index in [0.717, 1.165) is 29.8 Å². The van der Waals surface area contributed by atoms with Crippen molar-refractivity contribution in [2.24, 2.45) is 11.1 Å². The number of anilines is 1. The Kier molecular flexibility index (Phi) is 3.50. The van der Waals surface area contributed by atoms with Gasteiger partial charge >= 0.3 is 0 Å². The molecule has 0 spiro atoms. The summed E-state index contributed by atoms with van der Waals surface area (Å²) in [5.41, 5.74) is 7.28. The maximum Gasteiger partial charge on any atom is 0.126 e. The van der Waals surface area contributed by atoms with Gasteiger partial charge in [0.2, 0.25) is 0 Å². The van der Waals surface area contributed by atoms with Crippen LogP contribution in [0.1, 0.15) is 24.8 Å². The fourth-order valence-corrected chi connectivity index (χ4v) is 2.13. The molecule has 1 fully saturated rings. The molecule has 88 valence electrons. The molecule has 0 aromatic carbocycles. The molecule has 0 amide bonds. The van der Waals surface area contributed by atoms with Crippen LogP contribution in [-0.2, 0) is 0 Å². The van der Waals surface area contributed by atoms with Crippen molar-refractivity contribution >= 4 is 21.7 Å². The summed E-state index contributed by atoms with van der Waals surface area (Å²) in [7, 11) is 0. The third-order valence-electron chi connectivity index (χ3n) is 3.32. The highest BCUT2D eigenvalue weighted by Gasteiger charge is 2.41. The molecule has 0 atom stereocenters. The zero-order chi connectivity index (χ0) is 11.6. The lowest BCUT2D eigenvalue weighted by molar-refractivity contribution is 0.500. The van der Waals surface area contributed by atoms with E-state index in [0.29, 0.717) is 5.41 Å². The van der Waals surface area contributed by atoms with Crippen molar-refractivity contribution in [3.63, 3.8) is 0 Å². The largest absolute Gasteiger partial charge is 0.370 e. The van der Waals surface area contributed by atoms with E-state index >= 15 is 0 Å². The van der Waals surface area contributed by atoms with Gasteiger partial charge in [0.15, 0.2) is 0 Å². The Labute approximate surface area is 105 Å². The third-order valence-corrected chi connectivity index (χ3v) is 4.15. The fourth-order valence-electron chi connectivity index (χ4n) is 1.91. The van der Waals surface area contributed by atoms with E-state index in [4.69, 9.17) is 5.73 Å². The Balaban J connectivity index is 1.92. The predicted molar refractivity (Wildman–Crippen MR) is 70.5 cm³/mol. The van der Waals surface area contributed by atoms with E-state index < -0.39 is 0 Å². The number of aromatic nitrogens is 1. The summed E-state index contributed by atoms with van der Waals surface area (Å²) in [6, 6.07) is 2.07. The molecule has 1 aromatic rings. The zero-order valence-corrected chi connectivity index (χ0v) is 11.2. The zero-order valence-electron chi connectivity index (χ0n) is 9.59. The number of rotatable bonds is 5. The summed E-state index contributed by atoms with van der Waals surface area (Å²) < 4.78 is 1.06. The van der Waals surface area contributed by atoms with E-state index in [2.05, 4.69) is 39.2 Å². The van der Waals surface area contributed by atoms with E-state index in [-0.39, 0.29) is 0 Å². The molecule has 0 aliphatic heterocycles. The molecule has 4 heteroatoms. The number of aryl methyl sites for hydroxylation is 1. The highest BCUT2D eigenvalue weighted by Crippen LogP contribution is 2.48. The maximum atomic E-state index is 5.62. The minimum atomic E-state index is 0.456. The second-order valence-corrected chi connectivity index (χ2v) is 5.57. The lowest BCUT2D eigenvalue weighted by Gasteiger charge is -2.15. The van der Waals surface area contributed by atoms with Crippen molar-refractivity contribution in [3.05, 3.63) is 22.3 Å². The molecule has 1 saturated carbocycles. The summed E-state index contributed by atoms with van der Waals surface area (Å²) in [4.78, 5) is 4.34. The van der Waals surface area contributed by atoms with Gasteiger partial charge in [-0.3, -0.25) is 0 Å².